The third-order valence-electron chi connectivity index (χ3n) is 5.01. The molecular formula is C26H23NO7. The van der Waals surface area contributed by atoms with E-state index in [-0.39, 0.29) is 30.0 Å². The molecule has 2 aromatic carbocycles. The lowest BCUT2D eigenvalue weighted by atomic mass is 10.1. The maximum atomic E-state index is 12.4. The summed E-state index contributed by atoms with van der Waals surface area (Å²) < 4.78 is 21.2. The third-order valence-corrected chi connectivity index (χ3v) is 5.01. The normalized spacial score (nSPS) is 10.7. The summed E-state index contributed by atoms with van der Waals surface area (Å²) in [5, 5.41) is 3.11. The van der Waals surface area contributed by atoms with Crippen LogP contribution in [0.15, 0.2) is 80.6 Å². The highest BCUT2D eigenvalue weighted by molar-refractivity contribution is 5.96. The summed E-state index contributed by atoms with van der Waals surface area (Å²) in [5.41, 5.74) is 0.448. The second kappa shape index (κ2) is 10.5. The van der Waals surface area contributed by atoms with Crippen molar-refractivity contribution >= 4 is 22.8 Å². The predicted molar refractivity (Wildman–Crippen MR) is 124 cm³/mol. The minimum Gasteiger partial charge on any atom is -0.482 e. The van der Waals surface area contributed by atoms with Gasteiger partial charge in [-0.3, -0.25) is 4.79 Å². The fourth-order valence-electron chi connectivity index (χ4n) is 3.33. The third kappa shape index (κ3) is 5.72. The van der Waals surface area contributed by atoms with E-state index < -0.39 is 17.5 Å². The lowest BCUT2D eigenvalue weighted by Crippen LogP contribution is -2.27. The fraction of sp³-hybridized carbons (Fsp3) is 0.192. The number of esters is 1. The van der Waals surface area contributed by atoms with Crippen LogP contribution in [-0.2, 0) is 17.8 Å². The molecule has 4 aromatic rings. The van der Waals surface area contributed by atoms with Crippen molar-refractivity contribution in [2.75, 3.05) is 6.61 Å². The number of ether oxygens (including phenoxy) is 2. The van der Waals surface area contributed by atoms with Crippen molar-refractivity contribution in [3.63, 3.8) is 0 Å². The molecular weight excluding hydrogens is 438 g/mol. The Morgan fingerprint density at radius 2 is 1.79 bits per heavy atom. The first-order valence-electron chi connectivity index (χ1n) is 10.8. The Labute approximate surface area is 195 Å². The van der Waals surface area contributed by atoms with Crippen LogP contribution in [0.4, 0.5) is 0 Å². The number of nitrogens with one attached hydrogen (secondary N) is 1. The van der Waals surface area contributed by atoms with Crippen LogP contribution >= 0.6 is 0 Å². The van der Waals surface area contributed by atoms with E-state index in [9.17, 15) is 14.4 Å². The van der Waals surface area contributed by atoms with Crippen LogP contribution in [0, 0.1) is 0 Å². The summed E-state index contributed by atoms with van der Waals surface area (Å²) in [6, 6.07) is 16.9. The van der Waals surface area contributed by atoms with Crippen molar-refractivity contribution in [1.82, 2.24) is 5.32 Å². The molecule has 0 unspecified atom stereocenters. The number of carbonyl (C=O) groups excluding carboxylic acids is 2. The van der Waals surface area contributed by atoms with Crippen molar-refractivity contribution in [2.45, 2.75) is 26.3 Å². The minimum atomic E-state index is -0.803. The summed E-state index contributed by atoms with van der Waals surface area (Å²) in [4.78, 5) is 36.8. The van der Waals surface area contributed by atoms with Gasteiger partial charge in [0.2, 0.25) is 0 Å². The Balaban J connectivity index is 1.37. The molecule has 0 aliphatic carbocycles. The Morgan fingerprint density at radius 1 is 1.00 bits per heavy atom. The van der Waals surface area contributed by atoms with E-state index in [1.165, 1.54) is 24.0 Å². The van der Waals surface area contributed by atoms with Gasteiger partial charge in [0.25, 0.3) is 5.91 Å². The summed E-state index contributed by atoms with van der Waals surface area (Å²) in [7, 11) is 0. The molecule has 0 aliphatic rings. The summed E-state index contributed by atoms with van der Waals surface area (Å²) in [6.07, 6.45) is 3.53. The van der Waals surface area contributed by atoms with E-state index in [1.807, 2.05) is 24.3 Å². The number of furan rings is 1. The number of hydrogen-bond donors (Lipinski definition) is 1. The van der Waals surface area contributed by atoms with Crippen molar-refractivity contribution in [3.8, 4) is 11.5 Å². The van der Waals surface area contributed by atoms with Crippen LogP contribution in [0.3, 0.4) is 0 Å². The van der Waals surface area contributed by atoms with E-state index in [4.69, 9.17) is 18.3 Å². The molecule has 34 heavy (non-hydrogen) atoms. The zero-order valence-corrected chi connectivity index (χ0v) is 18.5. The lowest BCUT2D eigenvalue weighted by Gasteiger charge is -2.08. The van der Waals surface area contributed by atoms with Crippen LogP contribution in [0.1, 0.15) is 35.0 Å². The number of rotatable bonds is 9. The first kappa shape index (κ1) is 22.8. The molecule has 0 saturated heterocycles. The minimum absolute atomic E-state index is 0.137. The van der Waals surface area contributed by atoms with Gasteiger partial charge in [0, 0.05) is 11.5 Å². The summed E-state index contributed by atoms with van der Waals surface area (Å²) in [5.74, 6) is 0.134. The average Bonchev–Trinajstić information content (AvgIpc) is 3.35. The van der Waals surface area contributed by atoms with Gasteiger partial charge in [0.15, 0.2) is 6.61 Å². The highest BCUT2D eigenvalue weighted by atomic mass is 16.6. The van der Waals surface area contributed by atoms with Gasteiger partial charge < -0.3 is 23.6 Å². The number of benzene rings is 2. The van der Waals surface area contributed by atoms with Crippen LogP contribution < -0.4 is 20.4 Å². The van der Waals surface area contributed by atoms with Crippen LogP contribution in [0.25, 0.3) is 11.0 Å². The smallest absolute Gasteiger partial charge is 0.349 e. The van der Waals surface area contributed by atoms with Crippen molar-refractivity contribution in [1.29, 1.82) is 0 Å². The molecule has 174 valence electrons. The standard InChI is InChI=1S/C26H23NO7/c1-2-4-17-6-9-19(10-7-17)32-16-24(28)33-20-11-8-18-13-22(26(30)34-23(18)14-20)25(29)27-15-21-5-3-12-31-21/h3,5-14H,2,4,15-16H2,1H3,(H,27,29). The van der Waals surface area contributed by atoms with Crippen LogP contribution in [-0.4, -0.2) is 18.5 Å². The zero-order valence-electron chi connectivity index (χ0n) is 18.5. The highest BCUT2D eigenvalue weighted by Crippen LogP contribution is 2.21. The Morgan fingerprint density at radius 3 is 2.53 bits per heavy atom. The van der Waals surface area contributed by atoms with Crippen LogP contribution in [0.5, 0.6) is 11.5 Å². The summed E-state index contributed by atoms with van der Waals surface area (Å²) in [6.45, 7) is 1.98. The molecule has 0 fully saturated rings. The van der Waals surface area contributed by atoms with Gasteiger partial charge in [-0.1, -0.05) is 25.5 Å². The first-order chi connectivity index (χ1) is 16.5. The topological polar surface area (TPSA) is 108 Å². The Bertz CT molecular complexity index is 1340. The van der Waals surface area contributed by atoms with Gasteiger partial charge >= 0.3 is 11.6 Å². The molecule has 0 atom stereocenters. The molecule has 2 aromatic heterocycles. The lowest BCUT2D eigenvalue weighted by molar-refractivity contribution is -0.136. The van der Waals surface area contributed by atoms with E-state index in [2.05, 4.69) is 12.2 Å². The molecule has 1 amide bonds. The van der Waals surface area contributed by atoms with Crippen molar-refractivity contribution in [2.24, 2.45) is 0 Å². The number of hydrogen-bond acceptors (Lipinski definition) is 7. The SMILES string of the molecule is CCCc1ccc(OCC(=O)Oc2ccc3cc(C(=O)NCc4ccco4)c(=O)oc3c2)cc1. The van der Waals surface area contributed by atoms with Crippen molar-refractivity contribution < 1.29 is 27.9 Å². The predicted octanol–water partition coefficient (Wildman–Crippen LogP) is 4.25. The monoisotopic (exact) mass is 461 g/mol. The summed E-state index contributed by atoms with van der Waals surface area (Å²) >= 11 is 0. The van der Waals surface area contributed by atoms with Crippen LogP contribution in [0.2, 0.25) is 0 Å². The molecule has 8 heteroatoms. The molecule has 0 saturated carbocycles. The highest BCUT2D eigenvalue weighted by Gasteiger charge is 2.15. The molecule has 2 heterocycles. The molecule has 0 aliphatic heterocycles. The number of aryl methyl sites for hydroxylation is 1. The molecule has 0 spiro atoms. The van der Waals surface area contributed by atoms with Gasteiger partial charge in [-0.25, -0.2) is 9.59 Å². The molecule has 8 nitrogen and oxygen atoms in total. The quantitative estimate of drug-likeness (QED) is 0.225. The number of fused-ring (bicyclic) bond motifs is 1. The molecule has 1 N–H and O–H groups in total. The number of amides is 1. The van der Waals surface area contributed by atoms with E-state index >= 15 is 0 Å². The van der Waals surface area contributed by atoms with E-state index in [0.29, 0.717) is 16.9 Å². The molecule has 0 bridgehead atoms. The van der Waals surface area contributed by atoms with Gasteiger partial charge in [0.1, 0.15) is 28.4 Å². The van der Waals surface area contributed by atoms with Gasteiger partial charge in [-0.05, 0) is 54.4 Å². The molecule has 0 radical (unpaired) electrons. The fourth-order valence-corrected chi connectivity index (χ4v) is 3.33. The van der Waals surface area contributed by atoms with Crippen molar-refractivity contribution in [3.05, 3.63) is 94.2 Å². The Hall–Kier alpha value is -4.33. The maximum absolute atomic E-state index is 12.4. The largest absolute Gasteiger partial charge is 0.482 e. The first-order valence-corrected chi connectivity index (χ1v) is 10.8. The second-order valence-corrected chi connectivity index (χ2v) is 7.57. The van der Waals surface area contributed by atoms with E-state index in [0.717, 1.165) is 12.8 Å². The Kier molecular flexibility index (Phi) is 7.07. The maximum Gasteiger partial charge on any atom is 0.349 e. The van der Waals surface area contributed by atoms with Gasteiger partial charge in [-0.2, -0.15) is 0 Å². The van der Waals surface area contributed by atoms with Gasteiger partial charge in [0.05, 0.1) is 12.8 Å². The van der Waals surface area contributed by atoms with E-state index in [1.54, 1.807) is 24.3 Å². The second-order valence-electron chi connectivity index (χ2n) is 7.57. The van der Waals surface area contributed by atoms with Gasteiger partial charge in [-0.15, -0.1) is 0 Å². The average molecular weight is 461 g/mol. The number of carbonyl (C=O) groups is 2. The molecule has 4 rings (SSSR count). The zero-order chi connectivity index (χ0) is 23.9.